The number of phenols is 1. The number of amides is 1. The molecular weight excluding hydrogens is 336 g/mol. The van der Waals surface area contributed by atoms with Crippen LogP contribution in [0.2, 0.25) is 0 Å². The minimum absolute atomic E-state index is 0.176. The molecule has 7 nitrogen and oxygen atoms in total. The Bertz CT molecular complexity index is 807. The van der Waals surface area contributed by atoms with Crippen LogP contribution in [0.5, 0.6) is 23.0 Å². The van der Waals surface area contributed by atoms with E-state index in [-0.39, 0.29) is 11.8 Å². The lowest BCUT2D eigenvalue weighted by Gasteiger charge is -2.17. The third-order valence-electron chi connectivity index (χ3n) is 4.33. The maximum atomic E-state index is 11.5. The first-order chi connectivity index (χ1) is 12.6. The lowest BCUT2D eigenvalue weighted by molar-refractivity contribution is -0.119. The molecule has 2 aromatic rings. The number of carbonyl (C=O) groups excluding carboxylic acids is 1. The van der Waals surface area contributed by atoms with Crippen LogP contribution in [0.1, 0.15) is 23.6 Å². The second-order valence-corrected chi connectivity index (χ2v) is 5.76. The number of ether oxygens (including phenoxy) is 3. The number of rotatable bonds is 6. The molecule has 0 bridgehead atoms. The smallest absolute Gasteiger partial charge is 0.230 e. The van der Waals surface area contributed by atoms with E-state index >= 15 is 0 Å². The number of carbonyl (C=O) groups is 1. The minimum Gasteiger partial charge on any atom is -0.508 e. The van der Waals surface area contributed by atoms with Crippen LogP contribution >= 0.6 is 0 Å². The molecule has 0 aromatic heterocycles. The van der Waals surface area contributed by atoms with E-state index in [1.165, 1.54) is 5.01 Å². The number of hydrogen-bond donors (Lipinski definition) is 1. The molecule has 7 heteroatoms. The number of hydrogen-bond acceptors (Lipinski definition) is 6. The first-order valence-corrected chi connectivity index (χ1v) is 8.01. The van der Waals surface area contributed by atoms with Gasteiger partial charge in [-0.3, -0.25) is 4.79 Å². The summed E-state index contributed by atoms with van der Waals surface area (Å²) in [6.45, 7) is 0. The van der Waals surface area contributed by atoms with Gasteiger partial charge in [-0.1, -0.05) is 12.1 Å². The summed E-state index contributed by atoms with van der Waals surface area (Å²) in [7, 11) is 4.64. The van der Waals surface area contributed by atoms with Crippen molar-refractivity contribution in [1.29, 1.82) is 0 Å². The standard InChI is InChI=1S/C19H20N2O5/c1-24-17-8-13(9-18(25-2)19(17)26-3)15-10-16(21(11-22)20-15)12-4-6-14(23)7-5-12/h4-9,11,16,23H,10H2,1-3H3/t16-/m1/s1. The Kier molecular flexibility index (Phi) is 4.97. The molecule has 0 saturated carbocycles. The van der Waals surface area contributed by atoms with Gasteiger partial charge in [0.15, 0.2) is 11.5 Å². The molecule has 1 atom stereocenters. The largest absolute Gasteiger partial charge is 0.508 e. The second kappa shape index (κ2) is 7.35. The van der Waals surface area contributed by atoms with Gasteiger partial charge in [-0.2, -0.15) is 5.10 Å². The Morgan fingerprint density at radius 3 is 2.19 bits per heavy atom. The van der Waals surface area contributed by atoms with E-state index in [9.17, 15) is 9.90 Å². The van der Waals surface area contributed by atoms with Crippen LogP contribution in [0.25, 0.3) is 0 Å². The number of aromatic hydroxyl groups is 1. The molecule has 1 N–H and O–H groups in total. The summed E-state index contributed by atoms with van der Waals surface area (Å²) in [5.74, 6) is 1.72. The Morgan fingerprint density at radius 2 is 1.69 bits per heavy atom. The van der Waals surface area contributed by atoms with Crippen molar-refractivity contribution in [2.75, 3.05) is 21.3 Å². The van der Waals surface area contributed by atoms with Crippen molar-refractivity contribution in [3.8, 4) is 23.0 Å². The molecule has 1 heterocycles. The lowest BCUT2D eigenvalue weighted by atomic mass is 9.98. The van der Waals surface area contributed by atoms with E-state index < -0.39 is 0 Å². The highest BCUT2D eigenvalue weighted by Crippen LogP contribution is 2.40. The maximum absolute atomic E-state index is 11.5. The Morgan fingerprint density at radius 1 is 1.08 bits per heavy atom. The molecule has 0 aliphatic carbocycles. The normalized spacial score (nSPS) is 16.2. The molecule has 0 fully saturated rings. The SMILES string of the molecule is COc1cc(C2=NN(C=O)[C@@H](c3ccc(O)cc3)C2)cc(OC)c1OC. The van der Waals surface area contributed by atoms with Crippen molar-refractivity contribution in [3.63, 3.8) is 0 Å². The van der Waals surface area contributed by atoms with Gasteiger partial charge in [0, 0.05) is 12.0 Å². The van der Waals surface area contributed by atoms with E-state index in [1.807, 2.05) is 12.1 Å². The Balaban J connectivity index is 1.97. The summed E-state index contributed by atoms with van der Waals surface area (Å²) < 4.78 is 16.1. The number of hydrazone groups is 1. The molecule has 1 aliphatic rings. The van der Waals surface area contributed by atoms with Crippen LogP contribution in [0.15, 0.2) is 41.5 Å². The Labute approximate surface area is 151 Å². The zero-order chi connectivity index (χ0) is 18.7. The van der Waals surface area contributed by atoms with E-state index in [0.29, 0.717) is 30.1 Å². The molecule has 0 radical (unpaired) electrons. The van der Waals surface area contributed by atoms with Gasteiger partial charge < -0.3 is 19.3 Å². The Hall–Kier alpha value is -3.22. The van der Waals surface area contributed by atoms with Gasteiger partial charge in [-0.25, -0.2) is 5.01 Å². The van der Waals surface area contributed by atoms with Gasteiger partial charge in [-0.15, -0.1) is 0 Å². The molecule has 0 saturated heterocycles. The predicted octanol–water partition coefficient (Wildman–Crippen LogP) is 2.73. The third-order valence-corrected chi connectivity index (χ3v) is 4.33. The zero-order valence-corrected chi connectivity index (χ0v) is 14.8. The van der Waals surface area contributed by atoms with E-state index in [2.05, 4.69) is 5.10 Å². The van der Waals surface area contributed by atoms with Crippen molar-refractivity contribution in [3.05, 3.63) is 47.5 Å². The van der Waals surface area contributed by atoms with Crippen LogP contribution in [-0.2, 0) is 4.79 Å². The first-order valence-electron chi connectivity index (χ1n) is 8.01. The number of phenolic OH excluding ortho intramolecular Hbond substituents is 1. The average Bonchev–Trinajstić information content (AvgIpc) is 3.11. The summed E-state index contributed by atoms with van der Waals surface area (Å²) in [4.78, 5) is 11.5. The molecule has 0 spiro atoms. The summed E-state index contributed by atoms with van der Waals surface area (Å²) >= 11 is 0. The van der Waals surface area contributed by atoms with Gasteiger partial charge in [0.1, 0.15) is 5.75 Å². The maximum Gasteiger partial charge on any atom is 0.230 e. The highest BCUT2D eigenvalue weighted by Gasteiger charge is 2.29. The van der Waals surface area contributed by atoms with Crippen molar-refractivity contribution in [2.24, 2.45) is 5.10 Å². The molecule has 136 valence electrons. The van der Waals surface area contributed by atoms with Crippen molar-refractivity contribution in [2.45, 2.75) is 12.5 Å². The summed E-state index contributed by atoms with van der Waals surface area (Å²) in [5.41, 5.74) is 2.41. The van der Waals surface area contributed by atoms with E-state index in [0.717, 1.165) is 16.8 Å². The lowest BCUT2D eigenvalue weighted by Crippen LogP contribution is -2.17. The number of benzene rings is 2. The molecule has 3 rings (SSSR count). The molecule has 26 heavy (non-hydrogen) atoms. The van der Waals surface area contributed by atoms with Crippen LogP contribution in [-0.4, -0.2) is 43.6 Å². The van der Waals surface area contributed by atoms with Crippen molar-refractivity contribution < 1.29 is 24.1 Å². The van der Waals surface area contributed by atoms with Crippen LogP contribution in [0.4, 0.5) is 0 Å². The predicted molar refractivity (Wildman–Crippen MR) is 96.0 cm³/mol. The fourth-order valence-corrected chi connectivity index (χ4v) is 3.01. The minimum atomic E-state index is -0.234. The van der Waals surface area contributed by atoms with Gasteiger partial charge in [0.2, 0.25) is 12.2 Å². The van der Waals surface area contributed by atoms with Crippen molar-refractivity contribution >= 4 is 12.1 Å². The molecule has 1 aliphatic heterocycles. The van der Waals surface area contributed by atoms with Gasteiger partial charge >= 0.3 is 0 Å². The molecule has 1 amide bonds. The second-order valence-electron chi connectivity index (χ2n) is 5.76. The summed E-state index contributed by atoms with van der Waals surface area (Å²) in [5, 5.41) is 15.3. The van der Waals surface area contributed by atoms with Crippen LogP contribution in [0.3, 0.4) is 0 Å². The van der Waals surface area contributed by atoms with E-state index in [4.69, 9.17) is 14.2 Å². The summed E-state index contributed by atoms with van der Waals surface area (Å²) in [6, 6.07) is 10.1. The van der Waals surface area contributed by atoms with Crippen LogP contribution < -0.4 is 14.2 Å². The number of methoxy groups -OCH3 is 3. The van der Waals surface area contributed by atoms with Gasteiger partial charge in [-0.05, 0) is 29.8 Å². The number of nitrogens with zero attached hydrogens (tertiary/aromatic N) is 2. The molecular formula is C19H20N2O5. The topological polar surface area (TPSA) is 80.6 Å². The quantitative estimate of drug-likeness (QED) is 0.805. The van der Waals surface area contributed by atoms with Crippen LogP contribution in [0, 0.1) is 0 Å². The molecule has 0 unspecified atom stereocenters. The van der Waals surface area contributed by atoms with E-state index in [1.54, 1.807) is 45.6 Å². The van der Waals surface area contributed by atoms with Gasteiger partial charge in [0.05, 0.1) is 33.1 Å². The zero-order valence-electron chi connectivity index (χ0n) is 14.8. The fourth-order valence-electron chi connectivity index (χ4n) is 3.01. The monoisotopic (exact) mass is 356 g/mol. The highest BCUT2D eigenvalue weighted by atomic mass is 16.5. The first kappa shape index (κ1) is 17.6. The van der Waals surface area contributed by atoms with Gasteiger partial charge in [0.25, 0.3) is 0 Å². The summed E-state index contributed by atoms with van der Waals surface area (Å²) in [6.07, 6.45) is 1.23. The van der Waals surface area contributed by atoms with Crippen molar-refractivity contribution in [1.82, 2.24) is 5.01 Å². The average molecular weight is 356 g/mol. The highest BCUT2D eigenvalue weighted by molar-refractivity contribution is 6.03. The third kappa shape index (κ3) is 3.15. The fraction of sp³-hybridized carbons (Fsp3) is 0.263. The molecule has 2 aromatic carbocycles.